The van der Waals surface area contributed by atoms with Gasteiger partial charge in [-0.2, -0.15) is 5.26 Å². The molecule has 1 heterocycles. The van der Waals surface area contributed by atoms with E-state index < -0.39 is 5.82 Å². The van der Waals surface area contributed by atoms with Crippen LogP contribution in [-0.2, 0) is 4.74 Å². The van der Waals surface area contributed by atoms with Crippen LogP contribution < -0.4 is 10.6 Å². The van der Waals surface area contributed by atoms with Gasteiger partial charge >= 0.3 is 0 Å². The van der Waals surface area contributed by atoms with Crippen molar-refractivity contribution in [1.82, 2.24) is 0 Å². The van der Waals surface area contributed by atoms with E-state index in [9.17, 15) is 4.39 Å². The van der Waals surface area contributed by atoms with Crippen molar-refractivity contribution in [3.05, 3.63) is 29.6 Å². The number of nitrogens with two attached hydrogens (primary N) is 1. The summed E-state index contributed by atoms with van der Waals surface area (Å²) in [7, 11) is 1.70. The summed E-state index contributed by atoms with van der Waals surface area (Å²) in [4.78, 5) is 2.07. The largest absolute Gasteiger partial charge is 0.381 e. The Balaban J connectivity index is 2.25. The maximum Gasteiger partial charge on any atom is 0.126 e. The number of ether oxygens (including phenoxy) is 1. The summed E-state index contributed by atoms with van der Waals surface area (Å²) in [6.07, 6.45) is 1.91. The van der Waals surface area contributed by atoms with Crippen LogP contribution in [0.1, 0.15) is 18.4 Å². The molecule has 1 aromatic carbocycles. The lowest BCUT2D eigenvalue weighted by atomic mass is 9.98. The minimum absolute atomic E-state index is 0.118. The molecular formula is C14H18FN3O. The molecule has 1 fully saturated rings. The lowest BCUT2D eigenvalue weighted by molar-refractivity contribution is 0.0709. The molecule has 4 nitrogen and oxygen atoms in total. The van der Waals surface area contributed by atoms with Gasteiger partial charge in [-0.3, -0.25) is 0 Å². The van der Waals surface area contributed by atoms with E-state index in [1.165, 1.54) is 12.1 Å². The SMILES string of the molecule is COC1CCN(c2cc(F)cc(C#N)c2)C(CN)C1. The first-order valence-electron chi connectivity index (χ1n) is 6.38. The number of methoxy groups -OCH3 is 1. The van der Waals surface area contributed by atoms with Crippen LogP contribution in [0.2, 0.25) is 0 Å². The maximum absolute atomic E-state index is 13.5. The maximum atomic E-state index is 13.5. The third-order valence-electron chi connectivity index (χ3n) is 3.62. The van der Waals surface area contributed by atoms with E-state index in [0.717, 1.165) is 25.1 Å². The normalized spacial score (nSPS) is 23.2. The van der Waals surface area contributed by atoms with Crippen LogP contribution in [0.5, 0.6) is 0 Å². The number of nitriles is 1. The third-order valence-corrected chi connectivity index (χ3v) is 3.62. The van der Waals surface area contributed by atoms with Crippen molar-refractivity contribution in [1.29, 1.82) is 5.26 Å². The highest BCUT2D eigenvalue weighted by atomic mass is 19.1. The van der Waals surface area contributed by atoms with Crippen molar-refractivity contribution in [3.8, 4) is 6.07 Å². The lowest BCUT2D eigenvalue weighted by Crippen LogP contribution is -2.48. The molecule has 0 aliphatic carbocycles. The molecule has 2 unspecified atom stereocenters. The predicted octanol–water partition coefficient (Wildman–Crippen LogP) is 1.64. The van der Waals surface area contributed by atoms with Gasteiger partial charge in [-0.25, -0.2) is 4.39 Å². The van der Waals surface area contributed by atoms with Crippen molar-refractivity contribution in [2.24, 2.45) is 5.73 Å². The number of halogens is 1. The molecule has 2 rings (SSSR count). The Bertz CT molecular complexity index is 486. The number of piperidine rings is 1. The summed E-state index contributed by atoms with van der Waals surface area (Å²) in [6.45, 7) is 1.24. The quantitative estimate of drug-likeness (QED) is 0.900. The first kappa shape index (κ1) is 13.8. The molecule has 1 aliphatic heterocycles. The summed E-state index contributed by atoms with van der Waals surface area (Å²) in [5.41, 5.74) is 6.86. The minimum Gasteiger partial charge on any atom is -0.381 e. The van der Waals surface area contributed by atoms with Crippen LogP contribution >= 0.6 is 0 Å². The molecule has 0 amide bonds. The second-order valence-electron chi connectivity index (χ2n) is 4.77. The molecule has 0 radical (unpaired) electrons. The fourth-order valence-electron chi connectivity index (χ4n) is 2.60. The van der Waals surface area contributed by atoms with Crippen LogP contribution in [0.3, 0.4) is 0 Å². The fraction of sp³-hybridized carbons (Fsp3) is 0.500. The molecule has 19 heavy (non-hydrogen) atoms. The molecule has 1 saturated heterocycles. The zero-order chi connectivity index (χ0) is 13.8. The van der Waals surface area contributed by atoms with E-state index in [1.807, 2.05) is 6.07 Å². The van der Waals surface area contributed by atoms with E-state index in [4.69, 9.17) is 15.7 Å². The highest BCUT2D eigenvalue weighted by molar-refractivity contribution is 5.53. The standard InChI is InChI=1S/C14H18FN3O/c1-19-14-2-3-18(13(7-14)9-17)12-5-10(8-16)4-11(15)6-12/h4-6,13-14H,2-3,7,9,17H2,1H3. The van der Waals surface area contributed by atoms with Crippen molar-refractivity contribution >= 4 is 5.69 Å². The summed E-state index contributed by atoms with van der Waals surface area (Å²) >= 11 is 0. The summed E-state index contributed by atoms with van der Waals surface area (Å²) in [5, 5.41) is 8.91. The molecule has 102 valence electrons. The first-order chi connectivity index (χ1) is 9.17. The Morgan fingerprint density at radius 2 is 2.32 bits per heavy atom. The van der Waals surface area contributed by atoms with Gasteiger partial charge in [0.05, 0.1) is 17.7 Å². The highest BCUT2D eigenvalue weighted by Gasteiger charge is 2.28. The van der Waals surface area contributed by atoms with Gasteiger partial charge in [-0.15, -0.1) is 0 Å². The molecule has 5 heteroatoms. The zero-order valence-corrected chi connectivity index (χ0v) is 11.0. The Labute approximate surface area is 112 Å². The molecule has 2 N–H and O–H groups in total. The fourth-order valence-corrected chi connectivity index (χ4v) is 2.60. The van der Waals surface area contributed by atoms with Crippen molar-refractivity contribution in [2.75, 3.05) is 25.1 Å². The molecule has 0 aromatic heterocycles. The van der Waals surface area contributed by atoms with Gasteiger partial charge in [-0.05, 0) is 31.0 Å². The Kier molecular flexibility index (Phi) is 4.35. The summed E-state index contributed by atoms with van der Waals surface area (Å²) in [6, 6.07) is 6.50. The number of hydrogen-bond acceptors (Lipinski definition) is 4. The van der Waals surface area contributed by atoms with Gasteiger partial charge in [0, 0.05) is 31.9 Å². The average molecular weight is 263 g/mol. The van der Waals surface area contributed by atoms with Crippen LogP contribution in [-0.4, -0.2) is 32.3 Å². The Hall–Kier alpha value is -1.64. The van der Waals surface area contributed by atoms with Crippen LogP contribution in [0, 0.1) is 17.1 Å². The lowest BCUT2D eigenvalue weighted by Gasteiger charge is -2.40. The van der Waals surface area contributed by atoms with Gasteiger partial charge < -0.3 is 15.4 Å². The zero-order valence-electron chi connectivity index (χ0n) is 11.0. The number of hydrogen-bond donors (Lipinski definition) is 1. The minimum atomic E-state index is -0.390. The predicted molar refractivity (Wildman–Crippen MR) is 71.3 cm³/mol. The van der Waals surface area contributed by atoms with Gasteiger partial charge in [-0.1, -0.05) is 0 Å². The summed E-state index contributed by atoms with van der Waals surface area (Å²) in [5.74, 6) is -0.390. The Morgan fingerprint density at radius 3 is 2.95 bits per heavy atom. The van der Waals surface area contributed by atoms with Crippen molar-refractivity contribution in [3.63, 3.8) is 0 Å². The molecule has 1 aromatic rings. The highest BCUT2D eigenvalue weighted by Crippen LogP contribution is 2.27. The number of anilines is 1. The average Bonchev–Trinajstić information content (AvgIpc) is 2.45. The van der Waals surface area contributed by atoms with Crippen LogP contribution in [0.25, 0.3) is 0 Å². The smallest absolute Gasteiger partial charge is 0.126 e. The van der Waals surface area contributed by atoms with Gasteiger partial charge in [0.15, 0.2) is 0 Å². The molecule has 1 aliphatic rings. The second kappa shape index (κ2) is 6.00. The number of benzene rings is 1. The second-order valence-corrected chi connectivity index (χ2v) is 4.77. The molecule has 0 saturated carbocycles. The van der Waals surface area contributed by atoms with E-state index in [1.54, 1.807) is 13.2 Å². The number of nitrogens with zero attached hydrogens (tertiary/aromatic N) is 2. The van der Waals surface area contributed by atoms with Crippen molar-refractivity contribution in [2.45, 2.75) is 25.0 Å². The van der Waals surface area contributed by atoms with Crippen molar-refractivity contribution < 1.29 is 9.13 Å². The molecule has 2 atom stereocenters. The monoisotopic (exact) mass is 263 g/mol. The topological polar surface area (TPSA) is 62.3 Å². The third kappa shape index (κ3) is 3.03. The molecular weight excluding hydrogens is 245 g/mol. The van der Waals surface area contributed by atoms with E-state index in [-0.39, 0.29) is 12.1 Å². The van der Waals surface area contributed by atoms with Gasteiger partial charge in [0.1, 0.15) is 5.82 Å². The van der Waals surface area contributed by atoms with E-state index in [2.05, 4.69) is 4.90 Å². The number of rotatable bonds is 3. The Morgan fingerprint density at radius 1 is 1.53 bits per heavy atom. The van der Waals surface area contributed by atoms with Gasteiger partial charge in [0.25, 0.3) is 0 Å². The van der Waals surface area contributed by atoms with E-state index in [0.29, 0.717) is 12.1 Å². The van der Waals surface area contributed by atoms with Gasteiger partial charge in [0.2, 0.25) is 0 Å². The van der Waals surface area contributed by atoms with E-state index >= 15 is 0 Å². The molecule has 0 bridgehead atoms. The molecule has 0 spiro atoms. The van der Waals surface area contributed by atoms with Crippen LogP contribution in [0.15, 0.2) is 18.2 Å². The van der Waals surface area contributed by atoms with Crippen LogP contribution in [0.4, 0.5) is 10.1 Å². The summed E-state index contributed by atoms with van der Waals surface area (Å²) < 4.78 is 18.9. The first-order valence-corrected chi connectivity index (χ1v) is 6.38.